The maximum atomic E-state index is 14.9. The molecule has 8 rings (SSSR count). The number of carbonyl (C=O) groups excluding carboxylic acids is 2. The molecule has 0 unspecified atom stereocenters. The van der Waals surface area contributed by atoms with Gasteiger partial charge in [-0.1, -0.05) is 61.2 Å². The van der Waals surface area contributed by atoms with Crippen LogP contribution in [-0.4, -0.2) is 45.3 Å². The topological polar surface area (TPSA) is 250 Å². The molecule has 0 spiro atoms. The molecule has 360 valence electrons. The Labute approximate surface area is 415 Å². The molecule has 0 radical (unpaired) electrons. The summed E-state index contributed by atoms with van der Waals surface area (Å²) in [6.07, 6.45) is 3.89. The smallest absolute Gasteiger partial charge is 0.266 e. The second kappa shape index (κ2) is 22.2. The molecule has 0 atom stereocenters. The van der Waals surface area contributed by atoms with E-state index < -0.39 is 40.5 Å². The summed E-state index contributed by atoms with van der Waals surface area (Å²) in [6, 6.07) is 41.8. The SMILES string of the molecule is C=C(C#N)C(=O)Nc1cc(Oc2ncnc(N)c2-c2ccc(Oc3cccc(N(C)C/C=C(\C#N)C(=O)Nc4cccc(Oc5ncnc(N)c5-c5ccc(Oc6ccccc6)cc5)c4)c3)cc2)c(F)cc1F. The van der Waals surface area contributed by atoms with E-state index in [1.165, 1.54) is 12.4 Å². The van der Waals surface area contributed by atoms with Gasteiger partial charge in [0.1, 0.15) is 82.1 Å². The standard InChI is InChI=1S/C54H39F2N11O6/c1-32(28-57)51(68)66-45-27-46(44(56)26-43(45)55)73-54-48(50(60)62-31-64-54)34-16-20-40(21-17-34)71-42-13-7-9-37(25-42)67(2)23-22-35(29-58)52(69)65-36-8-6-12-41(24-36)72-53-47(49(59)61-30-63-53)33-14-18-39(19-15-33)70-38-10-4-3-5-11-38/h3-22,24-27,30-31H,1,23H2,2H3,(H,65,69)(H,66,68)(H2,59,61,63)(H2,60,62,64)/b35-22+. The number of aromatic nitrogens is 4. The van der Waals surface area contributed by atoms with Crippen LogP contribution in [0, 0.1) is 34.3 Å². The molecule has 0 saturated heterocycles. The van der Waals surface area contributed by atoms with Crippen LogP contribution in [0.25, 0.3) is 22.3 Å². The van der Waals surface area contributed by atoms with Crippen LogP contribution in [-0.2, 0) is 9.59 Å². The highest BCUT2D eigenvalue weighted by atomic mass is 19.1. The number of likely N-dealkylation sites (N-methyl/N-ethyl adjacent to an activating group) is 1. The molecule has 0 aliphatic heterocycles. The molecule has 0 aliphatic carbocycles. The molecule has 73 heavy (non-hydrogen) atoms. The summed E-state index contributed by atoms with van der Waals surface area (Å²) in [5, 5.41) is 23.8. The van der Waals surface area contributed by atoms with E-state index >= 15 is 0 Å². The van der Waals surface area contributed by atoms with Crippen molar-refractivity contribution in [3.8, 4) is 80.6 Å². The first-order valence-corrected chi connectivity index (χ1v) is 21.8. The lowest BCUT2D eigenvalue weighted by molar-refractivity contribution is -0.113. The number of benzene rings is 6. The minimum absolute atomic E-state index is 0.0182. The van der Waals surface area contributed by atoms with Gasteiger partial charge in [-0.25, -0.2) is 28.7 Å². The number of rotatable bonds is 17. The third-order valence-electron chi connectivity index (χ3n) is 10.6. The zero-order valence-corrected chi connectivity index (χ0v) is 38.4. The van der Waals surface area contributed by atoms with Crippen molar-refractivity contribution in [2.45, 2.75) is 0 Å². The van der Waals surface area contributed by atoms with Gasteiger partial charge in [-0.3, -0.25) is 9.59 Å². The quantitative estimate of drug-likeness (QED) is 0.0489. The fourth-order valence-electron chi connectivity index (χ4n) is 6.91. The average Bonchev–Trinajstić information content (AvgIpc) is 3.39. The van der Waals surface area contributed by atoms with Gasteiger partial charge in [0.2, 0.25) is 11.8 Å². The predicted octanol–water partition coefficient (Wildman–Crippen LogP) is 10.8. The van der Waals surface area contributed by atoms with E-state index in [0.29, 0.717) is 62.9 Å². The number of halogens is 2. The average molecular weight is 976 g/mol. The van der Waals surface area contributed by atoms with Crippen LogP contribution in [0.1, 0.15) is 0 Å². The molecule has 2 heterocycles. The molecule has 17 nitrogen and oxygen atoms in total. The highest BCUT2D eigenvalue weighted by molar-refractivity contribution is 6.07. The van der Waals surface area contributed by atoms with E-state index in [4.69, 9.17) is 35.7 Å². The zero-order chi connectivity index (χ0) is 51.4. The highest BCUT2D eigenvalue weighted by Crippen LogP contribution is 2.39. The van der Waals surface area contributed by atoms with Crippen LogP contribution in [0.4, 0.5) is 37.5 Å². The number of carbonyl (C=O) groups is 2. The van der Waals surface area contributed by atoms with Crippen molar-refractivity contribution in [1.29, 1.82) is 10.5 Å². The molecule has 0 aliphatic rings. The first-order valence-electron chi connectivity index (χ1n) is 21.8. The van der Waals surface area contributed by atoms with Crippen LogP contribution in [0.15, 0.2) is 176 Å². The Balaban J connectivity index is 0.893. The lowest BCUT2D eigenvalue weighted by atomic mass is 10.1. The molecule has 2 amide bonds. The first-order chi connectivity index (χ1) is 35.3. The lowest BCUT2D eigenvalue weighted by Gasteiger charge is -2.18. The van der Waals surface area contributed by atoms with Crippen molar-refractivity contribution in [3.63, 3.8) is 0 Å². The van der Waals surface area contributed by atoms with E-state index in [1.54, 1.807) is 92.0 Å². The molecule has 2 aromatic heterocycles. The van der Waals surface area contributed by atoms with Crippen molar-refractivity contribution in [2.75, 3.05) is 40.6 Å². The molecule has 8 aromatic rings. The Morgan fingerprint density at radius 2 is 1.19 bits per heavy atom. The van der Waals surface area contributed by atoms with Gasteiger partial charge < -0.3 is 45.9 Å². The molecule has 6 aromatic carbocycles. The molecule has 6 N–H and O–H groups in total. The van der Waals surface area contributed by atoms with Crippen molar-refractivity contribution in [3.05, 3.63) is 188 Å². The summed E-state index contributed by atoms with van der Waals surface area (Å²) in [4.78, 5) is 44.0. The van der Waals surface area contributed by atoms with Gasteiger partial charge in [0.05, 0.1) is 16.8 Å². The summed E-state index contributed by atoms with van der Waals surface area (Å²) in [5.41, 5.74) is 14.3. The molecule has 0 fully saturated rings. The number of ether oxygens (including phenoxy) is 4. The van der Waals surface area contributed by atoms with Gasteiger partial charge in [0, 0.05) is 49.2 Å². The number of nitrogen functional groups attached to an aromatic ring is 2. The van der Waals surface area contributed by atoms with Crippen LogP contribution < -0.4 is 45.9 Å². The fourth-order valence-corrected chi connectivity index (χ4v) is 6.91. The number of amides is 2. The first kappa shape index (κ1) is 48.8. The Morgan fingerprint density at radius 3 is 1.81 bits per heavy atom. The number of nitrogens with zero attached hydrogens (tertiary/aromatic N) is 7. The number of para-hydroxylation sites is 1. The minimum Gasteiger partial charge on any atom is -0.457 e. The highest BCUT2D eigenvalue weighted by Gasteiger charge is 2.21. The van der Waals surface area contributed by atoms with E-state index in [2.05, 4.69) is 37.1 Å². The number of nitriles is 2. The Morgan fingerprint density at radius 1 is 0.630 bits per heavy atom. The minimum atomic E-state index is -1.12. The lowest BCUT2D eigenvalue weighted by Crippen LogP contribution is -2.19. The van der Waals surface area contributed by atoms with E-state index in [-0.39, 0.29) is 41.1 Å². The largest absolute Gasteiger partial charge is 0.457 e. The van der Waals surface area contributed by atoms with E-state index in [0.717, 1.165) is 12.4 Å². The van der Waals surface area contributed by atoms with Gasteiger partial charge >= 0.3 is 0 Å². The third kappa shape index (κ3) is 12.0. The van der Waals surface area contributed by atoms with Gasteiger partial charge in [0.25, 0.3) is 11.8 Å². The number of nitrogens with two attached hydrogens (primary N) is 2. The maximum Gasteiger partial charge on any atom is 0.266 e. The molecular formula is C54H39F2N11O6. The van der Waals surface area contributed by atoms with Crippen LogP contribution in [0.5, 0.6) is 46.3 Å². The van der Waals surface area contributed by atoms with Crippen LogP contribution in [0.2, 0.25) is 0 Å². The van der Waals surface area contributed by atoms with Gasteiger partial charge in [-0.2, -0.15) is 10.5 Å². The van der Waals surface area contributed by atoms with E-state index in [1.807, 2.05) is 59.5 Å². The second-order valence-electron chi connectivity index (χ2n) is 15.5. The number of hydrogen-bond donors (Lipinski definition) is 4. The van der Waals surface area contributed by atoms with Gasteiger partial charge in [0.15, 0.2) is 11.6 Å². The zero-order valence-electron chi connectivity index (χ0n) is 38.4. The van der Waals surface area contributed by atoms with Crippen LogP contribution in [0.3, 0.4) is 0 Å². The summed E-state index contributed by atoms with van der Waals surface area (Å²) < 4.78 is 53.4. The molecular weight excluding hydrogens is 937 g/mol. The monoisotopic (exact) mass is 975 g/mol. The number of hydrogen-bond acceptors (Lipinski definition) is 15. The molecule has 0 saturated carbocycles. The second-order valence-corrected chi connectivity index (χ2v) is 15.5. The Kier molecular flexibility index (Phi) is 14.8. The summed E-state index contributed by atoms with van der Waals surface area (Å²) in [5.74, 6) is -1.64. The number of nitrogens with one attached hydrogen (secondary N) is 2. The van der Waals surface area contributed by atoms with Gasteiger partial charge in [-0.15, -0.1) is 0 Å². The summed E-state index contributed by atoms with van der Waals surface area (Å²) in [6.45, 7) is 3.46. The Bertz CT molecular complexity index is 3490. The van der Waals surface area contributed by atoms with Crippen molar-refractivity contribution < 1.29 is 37.3 Å². The van der Waals surface area contributed by atoms with Crippen molar-refractivity contribution >= 4 is 40.5 Å². The third-order valence-corrected chi connectivity index (χ3v) is 10.6. The van der Waals surface area contributed by atoms with Gasteiger partial charge in [-0.05, 0) is 77.9 Å². The van der Waals surface area contributed by atoms with Crippen LogP contribution >= 0.6 is 0 Å². The maximum absolute atomic E-state index is 14.9. The predicted molar refractivity (Wildman–Crippen MR) is 269 cm³/mol. The van der Waals surface area contributed by atoms with E-state index in [9.17, 15) is 23.6 Å². The van der Waals surface area contributed by atoms with Crippen molar-refractivity contribution in [1.82, 2.24) is 19.9 Å². The molecule has 0 bridgehead atoms. The summed E-state index contributed by atoms with van der Waals surface area (Å²) in [7, 11) is 1.78. The number of anilines is 5. The Hall–Kier alpha value is -10.7. The van der Waals surface area contributed by atoms with Crippen molar-refractivity contribution in [2.24, 2.45) is 0 Å². The fraction of sp³-hybridized carbons (Fsp3) is 0.0370. The summed E-state index contributed by atoms with van der Waals surface area (Å²) >= 11 is 0. The molecule has 19 heteroatoms. The normalized spacial score (nSPS) is 10.8.